The summed E-state index contributed by atoms with van der Waals surface area (Å²) >= 11 is 4.25. The summed E-state index contributed by atoms with van der Waals surface area (Å²) in [5.41, 5.74) is 0.540. The molecule has 1 spiro atoms. The molecule has 1 saturated carbocycles. The Morgan fingerprint density at radius 2 is 2.07 bits per heavy atom. The van der Waals surface area contributed by atoms with E-state index in [1.54, 1.807) is 10.8 Å². The average molecular weight is 243 g/mol. The highest BCUT2D eigenvalue weighted by molar-refractivity contribution is 8.68. The molecule has 0 aromatic carbocycles. The summed E-state index contributed by atoms with van der Waals surface area (Å²) in [7, 11) is 1.69. The van der Waals surface area contributed by atoms with Crippen LogP contribution in [0.4, 0.5) is 0 Å². The highest BCUT2D eigenvalue weighted by Gasteiger charge is 2.45. The Bertz CT molecular complexity index is 264. The Kier molecular flexibility index (Phi) is 3.36. The van der Waals surface area contributed by atoms with Gasteiger partial charge in [-0.25, -0.2) is 0 Å². The van der Waals surface area contributed by atoms with Gasteiger partial charge in [0.15, 0.2) is 0 Å². The van der Waals surface area contributed by atoms with Crippen molar-refractivity contribution in [2.45, 2.75) is 30.9 Å². The van der Waals surface area contributed by atoms with E-state index in [9.17, 15) is 4.79 Å². The molecule has 0 aromatic heterocycles. The van der Waals surface area contributed by atoms with Crippen LogP contribution >= 0.6 is 22.5 Å². The van der Waals surface area contributed by atoms with Crippen LogP contribution in [0, 0.1) is 5.41 Å². The van der Waals surface area contributed by atoms with Crippen molar-refractivity contribution >= 4 is 28.4 Å². The Labute approximate surface area is 100 Å². The van der Waals surface area contributed by atoms with Gasteiger partial charge in [-0.3, -0.25) is 4.79 Å². The van der Waals surface area contributed by atoms with Crippen LogP contribution in [-0.4, -0.2) is 29.1 Å². The number of rotatable bonds is 2. The summed E-state index contributed by atoms with van der Waals surface area (Å²) in [6.45, 7) is 5.35. The molecule has 0 atom stereocenters. The third-order valence-electron chi connectivity index (χ3n) is 3.78. The molecule has 84 valence electrons. The van der Waals surface area contributed by atoms with Gasteiger partial charge in [0.1, 0.15) is 0 Å². The van der Waals surface area contributed by atoms with E-state index in [0.29, 0.717) is 5.41 Å². The second kappa shape index (κ2) is 4.42. The predicted molar refractivity (Wildman–Crippen MR) is 68.0 cm³/mol. The molecular formula is C11H17NOS2. The van der Waals surface area contributed by atoms with Crippen molar-refractivity contribution < 1.29 is 4.79 Å². The van der Waals surface area contributed by atoms with Gasteiger partial charge in [0.2, 0.25) is 5.91 Å². The lowest BCUT2D eigenvalue weighted by molar-refractivity contribution is -0.129. The fourth-order valence-corrected chi connectivity index (χ4v) is 4.02. The fraction of sp³-hybridized carbons (Fsp3) is 0.727. The first-order valence-electron chi connectivity index (χ1n) is 5.41. The van der Waals surface area contributed by atoms with Crippen molar-refractivity contribution in [1.82, 2.24) is 4.90 Å². The number of nitrogens with zero attached hydrogens (tertiary/aromatic N) is 1. The molecule has 0 aromatic rings. The topological polar surface area (TPSA) is 20.3 Å². The number of hydrogen-bond acceptors (Lipinski definition) is 3. The third-order valence-corrected chi connectivity index (χ3v) is 5.31. The Morgan fingerprint density at radius 3 is 2.53 bits per heavy atom. The quantitative estimate of drug-likeness (QED) is 0.457. The van der Waals surface area contributed by atoms with Crippen LogP contribution in [0.1, 0.15) is 25.7 Å². The molecule has 2 nitrogen and oxygen atoms in total. The Hall–Kier alpha value is -0.0900. The van der Waals surface area contributed by atoms with Crippen LogP contribution in [0.15, 0.2) is 12.7 Å². The molecule has 2 rings (SSSR count). The van der Waals surface area contributed by atoms with Gasteiger partial charge in [-0.15, -0.1) is 11.7 Å². The lowest BCUT2D eigenvalue weighted by atomic mass is 9.63. The molecule has 1 saturated heterocycles. The number of thiol groups is 1. The molecule has 1 amide bonds. The normalized spacial score (nSPS) is 25.0. The number of hydrogen-bond donors (Lipinski definition) is 1. The van der Waals surface area contributed by atoms with Gasteiger partial charge in [-0.05, 0) is 37.2 Å². The molecule has 0 unspecified atom stereocenters. The number of carbonyl (C=O) groups is 1. The van der Waals surface area contributed by atoms with Gasteiger partial charge in [-0.2, -0.15) is 0 Å². The summed E-state index contributed by atoms with van der Waals surface area (Å²) in [4.78, 5) is 13.3. The van der Waals surface area contributed by atoms with E-state index in [2.05, 4.69) is 18.2 Å². The number of piperidine rings is 1. The third kappa shape index (κ3) is 2.21. The van der Waals surface area contributed by atoms with Crippen molar-refractivity contribution in [3.63, 3.8) is 0 Å². The average Bonchev–Trinajstić information content (AvgIpc) is 2.25. The lowest BCUT2D eigenvalue weighted by Crippen LogP contribution is -2.49. The summed E-state index contributed by atoms with van der Waals surface area (Å²) < 4.78 is 0. The predicted octanol–water partition coefficient (Wildman–Crippen LogP) is 2.52. The molecule has 1 heterocycles. The van der Waals surface area contributed by atoms with Crippen LogP contribution in [-0.2, 0) is 4.79 Å². The second-order valence-electron chi connectivity index (χ2n) is 4.67. The molecule has 15 heavy (non-hydrogen) atoms. The van der Waals surface area contributed by atoms with Gasteiger partial charge < -0.3 is 4.90 Å². The summed E-state index contributed by atoms with van der Waals surface area (Å²) in [6.07, 6.45) is 6.33. The zero-order valence-electron chi connectivity index (χ0n) is 8.82. The van der Waals surface area contributed by atoms with E-state index in [4.69, 9.17) is 0 Å². The largest absolute Gasteiger partial charge is 0.339 e. The first kappa shape index (κ1) is 11.4. The maximum Gasteiger partial charge on any atom is 0.245 e. The van der Waals surface area contributed by atoms with Crippen molar-refractivity contribution in [1.29, 1.82) is 0 Å². The van der Waals surface area contributed by atoms with E-state index in [-0.39, 0.29) is 5.91 Å². The van der Waals surface area contributed by atoms with Gasteiger partial charge >= 0.3 is 0 Å². The van der Waals surface area contributed by atoms with E-state index in [1.165, 1.54) is 18.9 Å². The minimum atomic E-state index is 0.0873. The van der Waals surface area contributed by atoms with Gasteiger partial charge in [0, 0.05) is 18.3 Å². The van der Waals surface area contributed by atoms with Crippen molar-refractivity contribution in [2.24, 2.45) is 5.41 Å². The highest BCUT2D eigenvalue weighted by atomic mass is 33.1. The molecule has 0 radical (unpaired) electrons. The number of amides is 1. The standard InChI is InChI=1S/C11H17NOS2/c1-2-10(13)12-5-3-11(4-6-12)7-9(8-11)15-14/h2,9,14H,1,3-8H2. The minimum Gasteiger partial charge on any atom is -0.339 e. The molecular weight excluding hydrogens is 226 g/mol. The molecule has 1 aliphatic heterocycles. The molecule has 2 aliphatic rings. The van der Waals surface area contributed by atoms with E-state index >= 15 is 0 Å². The minimum absolute atomic E-state index is 0.0873. The first-order chi connectivity index (χ1) is 7.19. The van der Waals surface area contributed by atoms with Crippen LogP contribution in [0.5, 0.6) is 0 Å². The fourth-order valence-electron chi connectivity index (χ4n) is 2.72. The van der Waals surface area contributed by atoms with Crippen LogP contribution in [0.2, 0.25) is 0 Å². The molecule has 0 N–H and O–H groups in total. The molecule has 2 fully saturated rings. The van der Waals surface area contributed by atoms with E-state index < -0.39 is 0 Å². The smallest absolute Gasteiger partial charge is 0.245 e. The maximum atomic E-state index is 11.4. The second-order valence-corrected chi connectivity index (χ2v) is 6.18. The maximum absolute atomic E-state index is 11.4. The van der Waals surface area contributed by atoms with Gasteiger partial charge in [0.05, 0.1) is 0 Å². The van der Waals surface area contributed by atoms with Gasteiger partial charge in [0.25, 0.3) is 0 Å². The zero-order chi connectivity index (χ0) is 10.9. The van der Waals surface area contributed by atoms with E-state index in [0.717, 1.165) is 31.2 Å². The zero-order valence-corrected chi connectivity index (χ0v) is 10.5. The summed E-state index contributed by atoms with van der Waals surface area (Å²) in [6, 6.07) is 0. The van der Waals surface area contributed by atoms with Crippen LogP contribution in [0.25, 0.3) is 0 Å². The summed E-state index contributed by atoms with van der Waals surface area (Å²) in [5.74, 6) is 0.0873. The van der Waals surface area contributed by atoms with Gasteiger partial charge in [-0.1, -0.05) is 17.4 Å². The molecule has 4 heteroatoms. The Balaban J connectivity index is 1.83. The monoisotopic (exact) mass is 243 g/mol. The summed E-state index contributed by atoms with van der Waals surface area (Å²) in [5, 5.41) is 0.745. The SMILES string of the molecule is C=CC(=O)N1CCC2(CC1)CC(SS)C2. The Morgan fingerprint density at radius 1 is 1.47 bits per heavy atom. The molecule has 1 aliphatic carbocycles. The van der Waals surface area contributed by atoms with Crippen LogP contribution in [0.3, 0.4) is 0 Å². The highest BCUT2D eigenvalue weighted by Crippen LogP contribution is 2.53. The lowest BCUT2D eigenvalue weighted by Gasteiger charge is -2.51. The first-order valence-corrected chi connectivity index (χ1v) is 7.34. The van der Waals surface area contributed by atoms with Crippen molar-refractivity contribution in [3.8, 4) is 0 Å². The number of likely N-dealkylation sites (tertiary alicyclic amines) is 1. The van der Waals surface area contributed by atoms with Crippen LogP contribution < -0.4 is 0 Å². The van der Waals surface area contributed by atoms with Crippen molar-refractivity contribution in [3.05, 3.63) is 12.7 Å². The molecule has 0 bridgehead atoms. The van der Waals surface area contributed by atoms with E-state index in [1.807, 2.05) is 4.90 Å². The van der Waals surface area contributed by atoms with Crippen molar-refractivity contribution in [2.75, 3.05) is 13.1 Å². The number of carbonyl (C=O) groups excluding carboxylic acids is 1.